The van der Waals surface area contributed by atoms with Crippen LogP contribution in [0.3, 0.4) is 0 Å². The topological polar surface area (TPSA) is 38.7 Å². The molecule has 2 rings (SSSR count). The molecule has 0 aliphatic carbocycles. The Labute approximate surface area is 109 Å². The van der Waals surface area contributed by atoms with Crippen LogP contribution in [0.5, 0.6) is 5.75 Å². The monoisotopic (exact) mass is 259 g/mol. The molecule has 18 heavy (non-hydrogen) atoms. The molecule has 0 saturated carbocycles. The number of nitrogens with zero attached hydrogens (tertiary/aromatic N) is 1. The summed E-state index contributed by atoms with van der Waals surface area (Å²) in [7, 11) is 0.266. The molecule has 0 heterocycles. The first-order valence-corrected chi connectivity index (χ1v) is 6.55. The average molecular weight is 259 g/mol. The molecule has 0 bridgehead atoms. The summed E-state index contributed by atoms with van der Waals surface area (Å²) in [5, 5.41) is 0. The summed E-state index contributed by atoms with van der Waals surface area (Å²) in [6, 6.07) is 16.6. The highest BCUT2D eigenvalue weighted by molar-refractivity contribution is 7.83. The van der Waals surface area contributed by atoms with Crippen molar-refractivity contribution in [3.05, 3.63) is 60.2 Å². The highest BCUT2D eigenvalue weighted by Gasteiger charge is 1.98. The molecule has 92 valence electrons. The third-order valence-corrected chi connectivity index (χ3v) is 3.33. The van der Waals surface area contributed by atoms with Gasteiger partial charge in [-0.15, -0.1) is 0 Å². The van der Waals surface area contributed by atoms with E-state index in [9.17, 15) is 4.21 Å². The molecule has 0 aliphatic heterocycles. The lowest BCUT2D eigenvalue weighted by atomic mass is 10.2. The van der Waals surface area contributed by atoms with Crippen molar-refractivity contribution in [3.8, 4) is 5.75 Å². The first-order chi connectivity index (χ1) is 8.79. The van der Waals surface area contributed by atoms with E-state index >= 15 is 0 Å². The maximum atomic E-state index is 11.8. The number of rotatable bonds is 4. The normalized spacial score (nSPS) is 12.5. The fourth-order valence-electron chi connectivity index (χ4n) is 1.40. The zero-order valence-corrected chi connectivity index (χ0v) is 10.8. The Morgan fingerprint density at radius 2 is 1.72 bits per heavy atom. The molecule has 4 heteroatoms. The second-order valence-electron chi connectivity index (χ2n) is 3.57. The van der Waals surface area contributed by atoms with Gasteiger partial charge in [0.1, 0.15) is 5.75 Å². The number of hydrogen-bond donors (Lipinski definition) is 0. The van der Waals surface area contributed by atoms with Gasteiger partial charge in [-0.05, 0) is 42.0 Å². The number of methoxy groups -OCH3 is 1. The minimum atomic E-state index is -1.35. The fourth-order valence-corrected chi connectivity index (χ4v) is 2.13. The van der Waals surface area contributed by atoms with Gasteiger partial charge >= 0.3 is 0 Å². The highest BCUT2D eigenvalue weighted by Crippen LogP contribution is 2.11. The van der Waals surface area contributed by atoms with Crippen molar-refractivity contribution in [1.29, 1.82) is 0 Å². The predicted octanol–water partition coefficient (Wildman–Crippen LogP) is 2.84. The number of hydrogen-bond acceptors (Lipinski definition) is 2. The van der Waals surface area contributed by atoms with Crippen LogP contribution in [0.15, 0.2) is 63.9 Å². The zero-order valence-electron chi connectivity index (χ0n) is 9.95. The van der Waals surface area contributed by atoms with Crippen LogP contribution in [0.25, 0.3) is 0 Å². The molecular weight excluding hydrogens is 246 g/mol. The summed E-state index contributed by atoms with van der Waals surface area (Å²) in [6.07, 6.45) is 1.60. The van der Waals surface area contributed by atoms with Gasteiger partial charge in [0.05, 0.1) is 12.0 Å². The van der Waals surface area contributed by atoms with Gasteiger partial charge in [-0.2, -0.15) is 4.40 Å². The van der Waals surface area contributed by atoms with Gasteiger partial charge in [-0.25, -0.2) is 4.21 Å². The Kier molecular flexibility index (Phi) is 4.25. The molecular formula is C14H13NO2S. The van der Waals surface area contributed by atoms with Crippen molar-refractivity contribution in [2.75, 3.05) is 7.11 Å². The smallest absolute Gasteiger partial charge is 0.172 e. The van der Waals surface area contributed by atoms with Crippen molar-refractivity contribution >= 4 is 17.2 Å². The van der Waals surface area contributed by atoms with Crippen molar-refractivity contribution in [2.45, 2.75) is 4.90 Å². The number of ether oxygens (including phenoxy) is 1. The Bertz CT molecular complexity index is 550. The third kappa shape index (κ3) is 3.28. The van der Waals surface area contributed by atoms with Crippen molar-refractivity contribution in [1.82, 2.24) is 0 Å². The Morgan fingerprint density at radius 3 is 2.33 bits per heavy atom. The van der Waals surface area contributed by atoms with Gasteiger partial charge < -0.3 is 4.74 Å². The molecule has 0 fully saturated rings. The van der Waals surface area contributed by atoms with E-state index in [1.165, 1.54) is 0 Å². The van der Waals surface area contributed by atoms with Gasteiger partial charge in [0.15, 0.2) is 11.0 Å². The summed E-state index contributed by atoms with van der Waals surface area (Å²) < 4.78 is 20.9. The van der Waals surface area contributed by atoms with E-state index < -0.39 is 11.0 Å². The summed E-state index contributed by atoms with van der Waals surface area (Å²) >= 11 is 0. The zero-order chi connectivity index (χ0) is 12.8. The average Bonchev–Trinajstić information content (AvgIpc) is 2.46. The van der Waals surface area contributed by atoms with Crippen LogP contribution in [-0.2, 0) is 11.0 Å². The molecule has 2 aromatic carbocycles. The summed E-state index contributed by atoms with van der Waals surface area (Å²) in [5.74, 6) is 0.788. The summed E-state index contributed by atoms with van der Waals surface area (Å²) in [6.45, 7) is 0. The third-order valence-electron chi connectivity index (χ3n) is 2.36. The second-order valence-corrected chi connectivity index (χ2v) is 4.75. The first-order valence-electron chi connectivity index (χ1n) is 5.44. The van der Waals surface area contributed by atoms with Crippen LogP contribution in [0, 0.1) is 0 Å². The van der Waals surface area contributed by atoms with Gasteiger partial charge in [0.25, 0.3) is 0 Å². The first kappa shape index (κ1) is 12.5. The molecule has 0 radical (unpaired) electrons. The summed E-state index contributed by atoms with van der Waals surface area (Å²) in [4.78, 5) is 0.697. The van der Waals surface area contributed by atoms with Crippen LogP contribution in [0.2, 0.25) is 0 Å². The van der Waals surface area contributed by atoms with Crippen LogP contribution in [-0.4, -0.2) is 17.5 Å². The van der Waals surface area contributed by atoms with Crippen molar-refractivity contribution in [2.24, 2.45) is 4.40 Å². The minimum Gasteiger partial charge on any atom is -0.497 e. The Balaban J connectivity index is 2.08. The lowest BCUT2D eigenvalue weighted by Crippen LogP contribution is -1.89. The molecule has 0 amide bonds. The lowest BCUT2D eigenvalue weighted by Gasteiger charge is -1.99. The van der Waals surface area contributed by atoms with Crippen molar-refractivity contribution in [3.63, 3.8) is 0 Å². The van der Waals surface area contributed by atoms with E-state index in [0.717, 1.165) is 11.3 Å². The van der Waals surface area contributed by atoms with E-state index in [-0.39, 0.29) is 0 Å². The van der Waals surface area contributed by atoms with E-state index in [0.29, 0.717) is 4.90 Å². The quantitative estimate of drug-likeness (QED) is 0.792. The van der Waals surface area contributed by atoms with Gasteiger partial charge in [-0.3, -0.25) is 0 Å². The van der Waals surface area contributed by atoms with E-state index in [2.05, 4.69) is 4.40 Å². The maximum absolute atomic E-state index is 11.8. The minimum absolute atomic E-state index is 0.697. The fraction of sp³-hybridized carbons (Fsp3) is 0.0714. The van der Waals surface area contributed by atoms with Gasteiger partial charge in [0, 0.05) is 6.21 Å². The standard InChI is InChI=1S/C14H13NO2S/c1-17-13-9-7-12(8-10-13)11-15-18(16)14-5-3-2-4-6-14/h2-11H,1H3/b15-11+/t18-/m0/s1. The van der Waals surface area contributed by atoms with E-state index in [4.69, 9.17) is 4.74 Å². The molecule has 0 N–H and O–H groups in total. The maximum Gasteiger partial charge on any atom is 0.172 e. The Morgan fingerprint density at radius 1 is 1.06 bits per heavy atom. The molecule has 0 saturated heterocycles. The molecule has 2 aromatic rings. The van der Waals surface area contributed by atoms with Crippen LogP contribution >= 0.6 is 0 Å². The highest BCUT2D eigenvalue weighted by atomic mass is 32.2. The second kappa shape index (κ2) is 6.12. The predicted molar refractivity (Wildman–Crippen MR) is 73.4 cm³/mol. The molecule has 3 nitrogen and oxygen atoms in total. The molecule has 1 atom stereocenters. The molecule has 0 spiro atoms. The van der Waals surface area contributed by atoms with Crippen molar-refractivity contribution < 1.29 is 8.95 Å². The molecule has 0 aliphatic rings. The van der Waals surface area contributed by atoms with Crippen LogP contribution in [0.1, 0.15) is 5.56 Å². The molecule has 0 unspecified atom stereocenters. The number of benzene rings is 2. The SMILES string of the molecule is COc1ccc(/C=N/[S@@](=O)c2ccccc2)cc1. The summed E-state index contributed by atoms with van der Waals surface area (Å²) in [5.41, 5.74) is 0.889. The largest absolute Gasteiger partial charge is 0.497 e. The van der Waals surface area contributed by atoms with Crippen LogP contribution in [0.4, 0.5) is 0 Å². The Hall–Kier alpha value is -1.94. The lowest BCUT2D eigenvalue weighted by molar-refractivity contribution is 0.415. The van der Waals surface area contributed by atoms with E-state index in [1.807, 2.05) is 42.5 Å². The van der Waals surface area contributed by atoms with E-state index in [1.54, 1.807) is 25.5 Å². The van der Waals surface area contributed by atoms with Gasteiger partial charge in [-0.1, -0.05) is 18.2 Å². The van der Waals surface area contributed by atoms with Gasteiger partial charge in [0.2, 0.25) is 0 Å². The van der Waals surface area contributed by atoms with Crippen LogP contribution < -0.4 is 4.74 Å². The molecule has 0 aromatic heterocycles.